The summed E-state index contributed by atoms with van der Waals surface area (Å²) < 4.78 is 38.5. The number of carbonyl (C=O) groups is 2. The second kappa shape index (κ2) is 6.07. The maximum absolute atomic E-state index is 11.6. The van der Waals surface area contributed by atoms with Crippen LogP contribution in [0.4, 0.5) is 13.2 Å². The number of thiophene rings is 1. The molecule has 0 spiro atoms. The number of alkyl halides is 3. The first-order valence-corrected chi connectivity index (χ1v) is 4.16. The van der Waals surface area contributed by atoms with Crippen molar-refractivity contribution in [3.8, 4) is 0 Å². The van der Waals surface area contributed by atoms with Crippen LogP contribution in [0.15, 0.2) is 17.5 Å². The van der Waals surface area contributed by atoms with Crippen molar-refractivity contribution in [1.82, 2.24) is 0 Å². The molecule has 0 N–H and O–H groups in total. The summed E-state index contributed by atoms with van der Waals surface area (Å²) in [6.07, 6.45) is -5.15. The van der Waals surface area contributed by atoms with E-state index in [2.05, 4.69) is 4.74 Å². The summed E-state index contributed by atoms with van der Waals surface area (Å²) in [7, 11) is 0. The molecule has 0 bridgehead atoms. The van der Waals surface area contributed by atoms with Crippen LogP contribution in [0, 0.1) is 49.4 Å². The quantitative estimate of drug-likeness (QED) is 0.556. The molecule has 1 aromatic heterocycles. The van der Waals surface area contributed by atoms with Gasteiger partial charge in [0.15, 0.2) is 0 Å². The van der Waals surface area contributed by atoms with Crippen LogP contribution in [0.25, 0.3) is 0 Å². The van der Waals surface area contributed by atoms with Gasteiger partial charge in [-0.15, -0.1) is 11.3 Å². The van der Waals surface area contributed by atoms with Crippen molar-refractivity contribution in [2.24, 2.45) is 0 Å². The molecule has 0 fully saturated rings. The predicted molar refractivity (Wildman–Crippen MR) is 40.8 cm³/mol. The van der Waals surface area contributed by atoms with E-state index in [0.29, 0.717) is 0 Å². The Morgan fingerprint density at radius 2 is 1.93 bits per heavy atom. The van der Waals surface area contributed by atoms with E-state index in [1.807, 2.05) is 0 Å². The predicted octanol–water partition coefficient (Wildman–Crippen LogP) is 1.99. The van der Waals surface area contributed by atoms with Crippen molar-refractivity contribution in [3.05, 3.63) is 22.4 Å². The molecule has 0 saturated heterocycles. The van der Waals surface area contributed by atoms with Crippen molar-refractivity contribution in [1.29, 1.82) is 0 Å². The Balaban J connectivity index is 0.00000196. The molecule has 1 aromatic rings. The average molecular weight is 376 g/mol. The molecule has 0 aromatic carbocycles. The zero-order valence-electron chi connectivity index (χ0n) is 6.88. The molecule has 0 aliphatic heterocycles. The summed E-state index contributed by atoms with van der Waals surface area (Å²) in [4.78, 5) is 21.0. The van der Waals surface area contributed by atoms with Gasteiger partial charge in [0.2, 0.25) is 0 Å². The molecule has 0 aliphatic carbocycles. The minimum atomic E-state index is -5.15. The van der Waals surface area contributed by atoms with Gasteiger partial charge in [0.25, 0.3) is 0 Å². The smallest absolute Gasteiger partial charge is 0.382 e. The van der Waals surface area contributed by atoms with Crippen molar-refractivity contribution >= 4 is 23.3 Å². The van der Waals surface area contributed by atoms with Gasteiger partial charge in [-0.05, 0) is 11.4 Å². The first-order valence-electron chi connectivity index (χ1n) is 3.28. The average Bonchev–Trinajstić information content (AvgIpc) is 2.53. The largest absolute Gasteiger partial charge is 0.491 e. The van der Waals surface area contributed by atoms with Crippen LogP contribution in [0.2, 0.25) is 0 Å². The molecule has 0 atom stereocenters. The van der Waals surface area contributed by atoms with Gasteiger partial charge in [-0.2, -0.15) is 13.2 Å². The number of ether oxygens (including phenoxy) is 1. The fraction of sp³-hybridized carbons (Fsp3) is 0.143. The van der Waals surface area contributed by atoms with Crippen molar-refractivity contribution < 1.29 is 76.9 Å². The Kier molecular flexibility index (Phi) is 6.16. The molecule has 15 heavy (non-hydrogen) atoms. The van der Waals surface area contributed by atoms with Crippen molar-refractivity contribution in [2.45, 2.75) is 6.18 Å². The SMILES string of the molecule is O=C(OC(=O)C(F)(F)F)c1cccs1.[Eu]. The van der Waals surface area contributed by atoms with Gasteiger partial charge in [-0.1, -0.05) is 6.07 Å². The van der Waals surface area contributed by atoms with Crippen molar-refractivity contribution in [3.63, 3.8) is 0 Å². The van der Waals surface area contributed by atoms with Crippen LogP contribution in [0.3, 0.4) is 0 Å². The molecule has 8 heteroatoms. The Morgan fingerprint density at radius 3 is 2.33 bits per heavy atom. The van der Waals surface area contributed by atoms with Gasteiger partial charge in [0, 0.05) is 49.4 Å². The summed E-state index contributed by atoms with van der Waals surface area (Å²) in [5.74, 6) is -3.79. The Morgan fingerprint density at radius 1 is 1.33 bits per heavy atom. The molecule has 1 heterocycles. The Hall–Kier alpha value is 0.214. The van der Waals surface area contributed by atoms with Crippen LogP contribution >= 0.6 is 11.3 Å². The third kappa shape index (κ3) is 4.71. The molecular weight excluding hydrogens is 373 g/mol. The van der Waals surface area contributed by atoms with Gasteiger partial charge < -0.3 is 4.74 Å². The van der Waals surface area contributed by atoms with E-state index in [1.54, 1.807) is 0 Å². The van der Waals surface area contributed by atoms with Gasteiger partial charge in [0.05, 0.1) is 0 Å². The zero-order chi connectivity index (χ0) is 10.8. The van der Waals surface area contributed by atoms with Crippen molar-refractivity contribution in [2.75, 3.05) is 0 Å². The van der Waals surface area contributed by atoms with E-state index in [4.69, 9.17) is 0 Å². The number of hydrogen-bond donors (Lipinski definition) is 0. The number of halogens is 3. The van der Waals surface area contributed by atoms with Crippen LogP contribution in [0.1, 0.15) is 9.67 Å². The van der Waals surface area contributed by atoms with Crippen LogP contribution in [0.5, 0.6) is 0 Å². The monoisotopic (exact) mass is 377 g/mol. The fourth-order valence-corrected chi connectivity index (χ4v) is 1.19. The van der Waals surface area contributed by atoms with Gasteiger partial charge in [-0.3, -0.25) is 0 Å². The van der Waals surface area contributed by atoms with Gasteiger partial charge in [-0.25, -0.2) is 9.59 Å². The van der Waals surface area contributed by atoms with E-state index in [0.717, 1.165) is 11.3 Å². The van der Waals surface area contributed by atoms with Gasteiger partial charge >= 0.3 is 18.1 Å². The zero-order valence-corrected chi connectivity index (χ0v) is 10.1. The summed E-state index contributed by atoms with van der Waals surface area (Å²) in [5, 5.41) is 1.48. The maximum Gasteiger partial charge on any atom is 0.491 e. The third-order valence-corrected chi connectivity index (χ3v) is 1.99. The number of hydrogen-bond acceptors (Lipinski definition) is 4. The molecule has 0 aliphatic rings. The first kappa shape index (κ1) is 15.2. The number of esters is 2. The molecule has 0 unspecified atom stereocenters. The molecule has 1 radical (unpaired) electrons. The second-order valence-electron chi connectivity index (χ2n) is 2.15. The number of rotatable bonds is 1. The maximum atomic E-state index is 11.6. The van der Waals surface area contributed by atoms with Crippen LogP contribution < -0.4 is 0 Å². The third-order valence-electron chi connectivity index (χ3n) is 1.14. The fourth-order valence-electron chi connectivity index (χ4n) is 0.587. The summed E-state index contributed by atoms with van der Waals surface area (Å²) in [6, 6.07) is 2.72. The van der Waals surface area contributed by atoms with E-state index < -0.39 is 18.1 Å². The molecular formula is C7H3EuF3O3S. The molecule has 3 nitrogen and oxygen atoms in total. The van der Waals surface area contributed by atoms with Crippen LogP contribution in [-0.2, 0) is 9.53 Å². The van der Waals surface area contributed by atoms with E-state index in [-0.39, 0.29) is 54.3 Å². The summed E-state index contributed by atoms with van der Waals surface area (Å²) in [5.41, 5.74) is 0. The molecule has 0 amide bonds. The minimum Gasteiger partial charge on any atom is -0.382 e. The number of carbonyl (C=O) groups excluding carboxylic acids is 2. The standard InChI is InChI=1S/C7H3F3O3S.Eu/c8-7(9,10)6(12)13-5(11)4-2-1-3-14-4;/h1-3H;. The van der Waals surface area contributed by atoms with Gasteiger partial charge in [0.1, 0.15) is 4.88 Å². The van der Waals surface area contributed by atoms with E-state index in [1.165, 1.54) is 17.5 Å². The van der Waals surface area contributed by atoms with Crippen LogP contribution in [-0.4, -0.2) is 18.1 Å². The summed E-state index contributed by atoms with van der Waals surface area (Å²) >= 11 is 0.890. The Bertz CT molecular complexity index is 347. The first-order chi connectivity index (χ1) is 6.41. The van der Waals surface area contributed by atoms with E-state index in [9.17, 15) is 22.8 Å². The molecule has 83 valence electrons. The second-order valence-corrected chi connectivity index (χ2v) is 3.10. The Labute approximate surface area is 127 Å². The van der Waals surface area contributed by atoms with E-state index >= 15 is 0 Å². The minimum absolute atomic E-state index is 0. The topological polar surface area (TPSA) is 43.4 Å². The molecule has 1 rings (SSSR count). The summed E-state index contributed by atoms with van der Waals surface area (Å²) in [6.45, 7) is 0. The normalized spacial score (nSPS) is 10.3. The molecule has 0 saturated carbocycles.